The van der Waals surface area contributed by atoms with Gasteiger partial charge in [-0.2, -0.15) is 0 Å². The first-order valence-electron chi connectivity index (χ1n) is 13.7. The molecule has 7 atom stereocenters. The molecule has 0 aromatic carbocycles. The van der Waals surface area contributed by atoms with E-state index in [-0.39, 0.29) is 12.5 Å². The summed E-state index contributed by atoms with van der Waals surface area (Å²) in [5.41, 5.74) is 0. The molecule has 0 aromatic rings. The molecular formula is C28H49NO8. The number of aliphatic hydroxyl groups is 5. The van der Waals surface area contributed by atoms with Crippen molar-refractivity contribution in [3.05, 3.63) is 36.5 Å². The van der Waals surface area contributed by atoms with Gasteiger partial charge < -0.3 is 40.3 Å². The molecule has 214 valence electrons. The molecule has 9 nitrogen and oxygen atoms in total. The topological polar surface area (TPSA) is 149 Å². The fraction of sp³-hybridized carbons (Fsp3) is 0.750. The number of carbonyl (C=O) groups excluding carboxylic acids is 1. The molecule has 1 rings (SSSR count). The maximum atomic E-state index is 12.5. The zero-order valence-corrected chi connectivity index (χ0v) is 22.5. The van der Waals surface area contributed by atoms with Crippen molar-refractivity contribution in [1.29, 1.82) is 0 Å². The number of amides is 1. The van der Waals surface area contributed by atoms with Gasteiger partial charge in [0.2, 0.25) is 5.91 Å². The van der Waals surface area contributed by atoms with Crippen molar-refractivity contribution < 1.29 is 39.8 Å². The summed E-state index contributed by atoms with van der Waals surface area (Å²) in [5.74, 6) is -0.213. The minimum atomic E-state index is -1.57. The largest absolute Gasteiger partial charge is 0.394 e. The first-order valence-corrected chi connectivity index (χ1v) is 13.7. The maximum Gasteiger partial charge on any atom is 0.220 e. The Morgan fingerprint density at radius 3 is 2.24 bits per heavy atom. The van der Waals surface area contributed by atoms with E-state index in [1.807, 2.05) is 19.1 Å². The van der Waals surface area contributed by atoms with Gasteiger partial charge in [-0.3, -0.25) is 4.79 Å². The van der Waals surface area contributed by atoms with Gasteiger partial charge in [0.05, 0.1) is 25.4 Å². The molecule has 0 saturated carbocycles. The van der Waals surface area contributed by atoms with Gasteiger partial charge in [0, 0.05) is 6.42 Å². The number of allylic oxidation sites excluding steroid dienone is 5. The van der Waals surface area contributed by atoms with Crippen LogP contribution in [0.15, 0.2) is 36.5 Å². The lowest BCUT2D eigenvalue weighted by atomic mass is 9.99. The highest BCUT2D eigenvalue weighted by Crippen LogP contribution is 2.22. The van der Waals surface area contributed by atoms with Crippen LogP contribution in [0.25, 0.3) is 0 Å². The number of nitrogens with one attached hydrogen (secondary N) is 1. The first kappa shape index (κ1) is 33.4. The van der Waals surface area contributed by atoms with Gasteiger partial charge in [0.1, 0.15) is 24.4 Å². The lowest BCUT2D eigenvalue weighted by Crippen LogP contribution is -2.60. The van der Waals surface area contributed by atoms with Crippen LogP contribution in [0.5, 0.6) is 0 Å². The summed E-state index contributed by atoms with van der Waals surface area (Å²) in [4.78, 5) is 12.5. The van der Waals surface area contributed by atoms with E-state index >= 15 is 0 Å². The predicted molar refractivity (Wildman–Crippen MR) is 143 cm³/mol. The highest BCUT2D eigenvalue weighted by atomic mass is 16.7. The third-order valence-electron chi connectivity index (χ3n) is 6.29. The summed E-state index contributed by atoms with van der Waals surface area (Å²) in [6.07, 6.45) is 12.6. The zero-order valence-electron chi connectivity index (χ0n) is 22.5. The second-order valence-electron chi connectivity index (χ2n) is 9.48. The average molecular weight is 528 g/mol. The summed E-state index contributed by atoms with van der Waals surface area (Å²) in [6, 6.07) is -0.817. The second kappa shape index (κ2) is 20.4. The summed E-state index contributed by atoms with van der Waals surface area (Å²) < 4.78 is 11.0. The van der Waals surface area contributed by atoms with E-state index in [0.717, 1.165) is 57.8 Å². The van der Waals surface area contributed by atoms with Crippen LogP contribution >= 0.6 is 0 Å². The molecule has 6 N–H and O–H groups in total. The van der Waals surface area contributed by atoms with Gasteiger partial charge in [-0.05, 0) is 39.0 Å². The van der Waals surface area contributed by atoms with E-state index in [9.17, 15) is 30.3 Å². The first-order chi connectivity index (χ1) is 17.8. The van der Waals surface area contributed by atoms with Crippen molar-refractivity contribution in [2.24, 2.45) is 0 Å². The Labute approximate surface area is 221 Å². The number of unbranched alkanes of at least 4 members (excludes halogenated alkanes) is 6. The van der Waals surface area contributed by atoms with Crippen LogP contribution in [0.4, 0.5) is 0 Å². The molecule has 1 heterocycles. The number of ether oxygens (including phenoxy) is 2. The number of aliphatic hydroxyl groups excluding tert-OH is 5. The van der Waals surface area contributed by atoms with E-state index < -0.39 is 49.5 Å². The van der Waals surface area contributed by atoms with E-state index in [1.54, 1.807) is 6.08 Å². The zero-order chi connectivity index (χ0) is 27.5. The molecule has 0 aromatic heterocycles. The Morgan fingerprint density at radius 1 is 0.946 bits per heavy atom. The molecule has 0 bridgehead atoms. The lowest BCUT2D eigenvalue weighted by Gasteiger charge is -2.40. The maximum absolute atomic E-state index is 12.5. The van der Waals surface area contributed by atoms with Crippen LogP contribution in [0.1, 0.15) is 78.1 Å². The van der Waals surface area contributed by atoms with Crippen LogP contribution in [-0.4, -0.2) is 87.5 Å². The van der Waals surface area contributed by atoms with E-state index in [4.69, 9.17) is 9.47 Å². The minimum absolute atomic E-state index is 0.208. The van der Waals surface area contributed by atoms with Crippen LogP contribution in [0.2, 0.25) is 0 Å². The highest BCUT2D eigenvalue weighted by molar-refractivity contribution is 5.76. The van der Waals surface area contributed by atoms with Crippen molar-refractivity contribution in [2.75, 3.05) is 13.2 Å². The van der Waals surface area contributed by atoms with Crippen molar-refractivity contribution >= 4 is 5.91 Å². The molecule has 1 fully saturated rings. The number of carbonyl (C=O) groups is 1. The quantitative estimate of drug-likeness (QED) is 0.111. The van der Waals surface area contributed by atoms with Gasteiger partial charge in [-0.25, -0.2) is 0 Å². The van der Waals surface area contributed by atoms with Crippen molar-refractivity contribution in [1.82, 2.24) is 5.32 Å². The molecule has 1 amide bonds. The minimum Gasteiger partial charge on any atom is -0.394 e. The van der Waals surface area contributed by atoms with E-state index in [0.29, 0.717) is 6.42 Å². The summed E-state index contributed by atoms with van der Waals surface area (Å²) in [7, 11) is 0. The van der Waals surface area contributed by atoms with Gasteiger partial charge in [0.15, 0.2) is 6.29 Å². The monoisotopic (exact) mass is 527 g/mol. The SMILES string of the molecule is C/C=C/CC/C=C/CC/C=C/C(O)C(COC1OC(CO)C(O)C(O)C1O)NC(=O)CCCCCCC. The Kier molecular flexibility index (Phi) is 18.4. The van der Waals surface area contributed by atoms with Crippen LogP contribution in [-0.2, 0) is 14.3 Å². The van der Waals surface area contributed by atoms with Gasteiger partial charge in [-0.1, -0.05) is 69.1 Å². The third kappa shape index (κ3) is 13.7. The normalized spacial score (nSPS) is 26.3. The molecule has 0 spiro atoms. The average Bonchev–Trinajstić information content (AvgIpc) is 2.89. The molecular weight excluding hydrogens is 478 g/mol. The Balaban J connectivity index is 2.67. The summed E-state index contributed by atoms with van der Waals surface area (Å²) >= 11 is 0. The molecule has 7 unspecified atom stereocenters. The van der Waals surface area contributed by atoms with Crippen molar-refractivity contribution in [3.8, 4) is 0 Å². The molecule has 9 heteroatoms. The Bertz CT molecular complexity index is 681. The van der Waals surface area contributed by atoms with E-state index in [1.165, 1.54) is 0 Å². The van der Waals surface area contributed by atoms with Crippen LogP contribution < -0.4 is 5.32 Å². The molecule has 1 saturated heterocycles. The lowest BCUT2D eigenvalue weighted by molar-refractivity contribution is -0.302. The van der Waals surface area contributed by atoms with Crippen molar-refractivity contribution in [3.63, 3.8) is 0 Å². The molecule has 37 heavy (non-hydrogen) atoms. The fourth-order valence-corrected chi connectivity index (χ4v) is 3.95. The van der Waals surface area contributed by atoms with Gasteiger partial charge in [0.25, 0.3) is 0 Å². The number of hydrogen-bond acceptors (Lipinski definition) is 8. The Hall–Kier alpha value is -1.59. The van der Waals surface area contributed by atoms with Crippen molar-refractivity contribution in [2.45, 2.75) is 121 Å². The molecule has 1 aliphatic rings. The summed E-state index contributed by atoms with van der Waals surface area (Å²) in [5, 5.41) is 53.1. The third-order valence-corrected chi connectivity index (χ3v) is 6.29. The van der Waals surface area contributed by atoms with Crippen LogP contribution in [0.3, 0.4) is 0 Å². The molecule has 0 radical (unpaired) electrons. The fourth-order valence-electron chi connectivity index (χ4n) is 3.95. The molecule has 0 aliphatic carbocycles. The summed E-state index contributed by atoms with van der Waals surface area (Å²) in [6.45, 7) is 3.35. The van der Waals surface area contributed by atoms with E-state index in [2.05, 4.69) is 30.5 Å². The van der Waals surface area contributed by atoms with Gasteiger partial charge >= 0.3 is 0 Å². The second-order valence-corrected chi connectivity index (χ2v) is 9.48. The van der Waals surface area contributed by atoms with Crippen LogP contribution in [0, 0.1) is 0 Å². The smallest absolute Gasteiger partial charge is 0.220 e. The van der Waals surface area contributed by atoms with Gasteiger partial charge in [-0.15, -0.1) is 0 Å². The predicted octanol–water partition coefficient (Wildman–Crippen LogP) is 2.26. The molecule has 1 aliphatic heterocycles. The number of rotatable bonds is 19. The standard InChI is InChI=1S/C28H49NO8/c1-3-5-7-9-10-11-12-14-15-17-22(31)21(29-24(32)18-16-13-8-6-4-2)20-36-28-27(35)26(34)25(33)23(19-30)37-28/h3,5,10-11,15,17,21-23,25-28,30-31,33-35H,4,6-9,12-14,16,18-20H2,1-2H3,(H,29,32)/b5-3+,11-10+,17-15+. The highest BCUT2D eigenvalue weighted by Gasteiger charge is 2.44. The Morgan fingerprint density at radius 2 is 1.59 bits per heavy atom. The number of hydrogen-bond donors (Lipinski definition) is 6.